The van der Waals surface area contributed by atoms with Gasteiger partial charge in [0.15, 0.2) is 0 Å². The summed E-state index contributed by atoms with van der Waals surface area (Å²) < 4.78 is 5.49. The Morgan fingerprint density at radius 1 is 1.08 bits per heavy atom. The number of benzene rings is 2. The molecule has 2 rings (SSSR count). The van der Waals surface area contributed by atoms with E-state index in [4.69, 9.17) is 4.74 Å². The molecular weight excluding hydrogens is 330 g/mol. The molecule has 0 aliphatic rings. The topological polar surface area (TPSA) is 79.8 Å². The Morgan fingerprint density at radius 2 is 1.77 bits per heavy atom. The standard InChI is InChI=1S/C20H23N3O3/c1-3-13-26-18-11-9-16(10-12-18)14-21-23-20(25)19(24)22-15(2)17-7-5-4-6-8-17/h4-12,14-15H,3,13H2,1-2H3,(H,22,24)(H,23,25)/b21-14-/t15-/m0/s1. The molecule has 6 nitrogen and oxygen atoms in total. The summed E-state index contributed by atoms with van der Waals surface area (Å²) in [6.45, 7) is 4.52. The molecule has 26 heavy (non-hydrogen) atoms. The Balaban J connectivity index is 1.81. The van der Waals surface area contributed by atoms with Gasteiger partial charge in [-0.05, 0) is 48.7 Å². The van der Waals surface area contributed by atoms with Crippen LogP contribution in [0.3, 0.4) is 0 Å². The third-order valence-electron chi connectivity index (χ3n) is 3.59. The predicted octanol–water partition coefficient (Wildman–Crippen LogP) is 2.80. The zero-order valence-corrected chi connectivity index (χ0v) is 14.9. The molecule has 0 fully saturated rings. The summed E-state index contributed by atoms with van der Waals surface area (Å²) in [4.78, 5) is 23.7. The van der Waals surface area contributed by atoms with E-state index in [-0.39, 0.29) is 6.04 Å². The quantitative estimate of drug-likeness (QED) is 0.456. The summed E-state index contributed by atoms with van der Waals surface area (Å²) in [6.07, 6.45) is 2.41. The number of nitrogens with zero attached hydrogens (tertiary/aromatic N) is 1. The van der Waals surface area contributed by atoms with E-state index in [1.165, 1.54) is 6.21 Å². The van der Waals surface area contributed by atoms with Crippen LogP contribution in [0.1, 0.15) is 37.4 Å². The molecule has 2 aromatic carbocycles. The van der Waals surface area contributed by atoms with Crippen LogP contribution in [0, 0.1) is 0 Å². The lowest BCUT2D eigenvalue weighted by Crippen LogP contribution is -2.39. The van der Waals surface area contributed by atoms with Crippen LogP contribution in [-0.4, -0.2) is 24.6 Å². The number of hydrogen-bond acceptors (Lipinski definition) is 4. The highest BCUT2D eigenvalue weighted by Gasteiger charge is 2.16. The second kappa shape index (κ2) is 9.98. The number of carbonyl (C=O) groups is 2. The van der Waals surface area contributed by atoms with Crippen LogP contribution >= 0.6 is 0 Å². The van der Waals surface area contributed by atoms with Crippen LogP contribution < -0.4 is 15.5 Å². The van der Waals surface area contributed by atoms with Crippen molar-refractivity contribution < 1.29 is 14.3 Å². The van der Waals surface area contributed by atoms with Gasteiger partial charge >= 0.3 is 11.8 Å². The molecule has 1 atom stereocenters. The molecule has 0 aromatic heterocycles. The first kappa shape index (κ1) is 19.2. The molecule has 0 bridgehead atoms. The number of nitrogens with one attached hydrogen (secondary N) is 2. The monoisotopic (exact) mass is 353 g/mol. The number of carbonyl (C=O) groups excluding carboxylic acids is 2. The molecule has 136 valence electrons. The second-order valence-electron chi connectivity index (χ2n) is 5.72. The van der Waals surface area contributed by atoms with Crippen LogP contribution in [-0.2, 0) is 9.59 Å². The second-order valence-corrected chi connectivity index (χ2v) is 5.72. The first-order chi connectivity index (χ1) is 12.6. The van der Waals surface area contributed by atoms with Crippen molar-refractivity contribution in [3.63, 3.8) is 0 Å². The van der Waals surface area contributed by atoms with Crippen molar-refractivity contribution >= 4 is 18.0 Å². The van der Waals surface area contributed by atoms with Crippen molar-refractivity contribution in [3.05, 3.63) is 65.7 Å². The Kier molecular flexibility index (Phi) is 7.36. The minimum Gasteiger partial charge on any atom is -0.494 e. The van der Waals surface area contributed by atoms with E-state index in [1.54, 1.807) is 0 Å². The summed E-state index contributed by atoms with van der Waals surface area (Å²) in [7, 11) is 0. The summed E-state index contributed by atoms with van der Waals surface area (Å²) in [5, 5.41) is 6.44. The molecule has 0 aliphatic heterocycles. The summed E-state index contributed by atoms with van der Waals surface area (Å²) in [5.74, 6) is -0.768. The number of amides is 2. The molecule has 2 N–H and O–H groups in total. The average Bonchev–Trinajstić information content (AvgIpc) is 2.67. The van der Waals surface area contributed by atoms with E-state index >= 15 is 0 Å². The van der Waals surface area contributed by atoms with Gasteiger partial charge in [-0.1, -0.05) is 37.3 Å². The predicted molar refractivity (Wildman–Crippen MR) is 101 cm³/mol. The number of ether oxygens (including phenoxy) is 1. The number of hydrazone groups is 1. The van der Waals surface area contributed by atoms with Gasteiger partial charge in [-0.2, -0.15) is 5.10 Å². The smallest absolute Gasteiger partial charge is 0.329 e. The van der Waals surface area contributed by atoms with Crippen LogP contribution in [0.15, 0.2) is 59.7 Å². The zero-order valence-electron chi connectivity index (χ0n) is 14.9. The molecule has 0 saturated carbocycles. The molecular formula is C20H23N3O3. The molecule has 0 aliphatic carbocycles. The molecule has 0 heterocycles. The third-order valence-corrected chi connectivity index (χ3v) is 3.59. The van der Waals surface area contributed by atoms with Crippen molar-refractivity contribution in [3.8, 4) is 5.75 Å². The molecule has 0 spiro atoms. The zero-order chi connectivity index (χ0) is 18.8. The molecule has 0 radical (unpaired) electrons. The van der Waals surface area contributed by atoms with Crippen LogP contribution in [0.2, 0.25) is 0 Å². The van der Waals surface area contributed by atoms with Crippen LogP contribution in [0.4, 0.5) is 0 Å². The van der Waals surface area contributed by atoms with Crippen LogP contribution in [0.25, 0.3) is 0 Å². The largest absolute Gasteiger partial charge is 0.494 e. The Bertz CT molecular complexity index is 743. The van der Waals surface area contributed by atoms with Gasteiger partial charge in [-0.3, -0.25) is 9.59 Å². The van der Waals surface area contributed by atoms with Gasteiger partial charge in [-0.25, -0.2) is 5.43 Å². The molecule has 2 amide bonds. The first-order valence-corrected chi connectivity index (χ1v) is 8.52. The van der Waals surface area contributed by atoms with Gasteiger partial charge in [0.2, 0.25) is 0 Å². The van der Waals surface area contributed by atoms with Gasteiger partial charge in [-0.15, -0.1) is 0 Å². The van der Waals surface area contributed by atoms with Gasteiger partial charge in [0.1, 0.15) is 5.75 Å². The lowest BCUT2D eigenvalue weighted by molar-refractivity contribution is -0.139. The fourth-order valence-electron chi connectivity index (χ4n) is 2.17. The van der Waals surface area contributed by atoms with E-state index < -0.39 is 11.8 Å². The van der Waals surface area contributed by atoms with E-state index in [2.05, 4.69) is 15.8 Å². The normalized spacial score (nSPS) is 11.8. The van der Waals surface area contributed by atoms with Crippen molar-refractivity contribution in [1.82, 2.24) is 10.7 Å². The highest BCUT2D eigenvalue weighted by molar-refractivity contribution is 6.35. The Hall–Kier alpha value is -3.15. The van der Waals surface area contributed by atoms with Gasteiger partial charge in [0.05, 0.1) is 18.9 Å². The Labute approximate surface area is 153 Å². The fourth-order valence-corrected chi connectivity index (χ4v) is 2.17. The summed E-state index contributed by atoms with van der Waals surface area (Å²) in [5.41, 5.74) is 3.93. The summed E-state index contributed by atoms with van der Waals surface area (Å²) >= 11 is 0. The highest BCUT2D eigenvalue weighted by Crippen LogP contribution is 2.11. The van der Waals surface area contributed by atoms with E-state index in [0.29, 0.717) is 6.61 Å². The maximum atomic E-state index is 11.9. The fraction of sp³-hybridized carbons (Fsp3) is 0.250. The number of hydrogen-bond donors (Lipinski definition) is 2. The maximum absolute atomic E-state index is 11.9. The van der Waals surface area contributed by atoms with Gasteiger partial charge in [0.25, 0.3) is 0 Å². The van der Waals surface area contributed by atoms with E-state index in [9.17, 15) is 9.59 Å². The van der Waals surface area contributed by atoms with Crippen molar-refractivity contribution in [2.75, 3.05) is 6.61 Å². The molecule has 6 heteroatoms. The maximum Gasteiger partial charge on any atom is 0.329 e. The van der Waals surface area contributed by atoms with Crippen molar-refractivity contribution in [2.45, 2.75) is 26.3 Å². The van der Waals surface area contributed by atoms with Crippen molar-refractivity contribution in [2.24, 2.45) is 5.10 Å². The van der Waals surface area contributed by atoms with Gasteiger partial charge in [0, 0.05) is 0 Å². The highest BCUT2D eigenvalue weighted by atomic mass is 16.5. The van der Waals surface area contributed by atoms with Crippen LogP contribution in [0.5, 0.6) is 5.75 Å². The molecule has 0 unspecified atom stereocenters. The SMILES string of the molecule is CCCOc1ccc(/C=N\NC(=O)C(=O)N[C@@H](C)c2ccccc2)cc1. The summed E-state index contributed by atoms with van der Waals surface area (Å²) in [6, 6.07) is 16.4. The van der Waals surface area contributed by atoms with E-state index in [0.717, 1.165) is 23.3 Å². The average molecular weight is 353 g/mol. The lowest BCUT2D eigenvalue weighted by Gasteiger charge is -2.13. The van der Waals surface area contributed by atoms with Gasteiger partial charge < -0.3 is 10.1 Å². The number of rotatable bonds is 7. The van der Waals surface area contributed by atoms with E-state index in [1.807, 2.05) is 68.4 Å². The Morgan fingerprint density at radius 3 is 2.42 bits per heavy atom. The third kappa shape index (κ3) is 6.05. The lowest BCUT2D eigenvalue weighted by atomic mass is 10.1. The first-order valence-electron chi connectivity index (χ1n) is 8.52. The molecule has 2 aromatic rings. The van der Waals surface area contributed by atoms with Crippen molar-refractivity contribution in [1.29, 1.82) is 0 Å². The minimum atomic E-state index is -0.813. The molecule has 0 saturated heterocycles. The minimum absolute atomic E-state index is 0.269.